The van der Waals surface area contributed by atoms with Crippen LogP contribution in [-0.2, 0) is 9.59 Å². The predicted octanol–water partition coefficient (Wildman–Crippen LogP) is 0.259. The van der Waals surface area contributed by atoms with Gasteiger partial charge in [-0.2, -0.15) is 18.2 Å². The van der Waals surface area contributed by atoms with Crippen LogP contribution in [0.5, 0.6) is 0 Å². The van der Waals surface area contributed by atoms with Crippen LogP contribution in [0.15, 0.2) is 29.1 Å². The summed E-state index contributed by atoms with van der Waals surface area (Å²) in [6, 6.07) is 4.93. The van der Waals surface area contributed by atoms with E-state index in [4.69, 9.17) is 21.1 Å². The summed E-state index contributed by atoms with van der Waals surface area (Å²) in [5, 5.41) is 36.8. The van der Waals surface area contributed by atoms with Crippen LogP contribution in [-0.4, -0.2) is 81.1 Å². The molecule has 2 atom stereocenters. The minimum absolute atomic E-state index is 0.0281. The van der Waals surface area contributed by atoms with E-state index in [0.29, 0.717) is 30.3 Å². The number of aliphatic carboxylic acids is 2. The SMILES string of the molecule is Nc1nc2c(c(=O)[nH]1)N[C@H](CNc1ccc(C(=O)N[C@@H](CCC(=O)O)C(=O)O)cc1)CN2.OCC(F)(F)F. The molecule has 0 saturated heterocycles. The van der Waals surface area contributed by atoms with Gasteiger partial charge in [-0.05, 0) is 30.7 Å². The highest BCUT2D eigenvalue weighted by atomic mass is 19.4. The van der Waals surface area contributed by atoms with E-state index in [0.717, 1.165) is 0 Å². The van der Waals surface area contributed by atoms with Gasteiger partial charge in [-0.15, -0.1) is 0 Å². The number of carboxylic acids is 2. The predicted molar refractivity (Wildman–Crippen MR) is 129 cm³/mol. The number of alkyl halides is 3. The van der Waals surface area contributed by atoms with Crippen LogP contribution in [0.2, 0.25) is 0 Å². The number of nitrogens with two attached hydrogens (primary N) is 1. The number of aromatic amines is 1. The number of amides is 1. The van der Waals surface area contributed by atoms with Crippen LogP contribution in [0.3, 0.4) is 0 Å². The number of hydrogen-bond acceptors (Lipinski definition) is 10. The summed E-state index contributed by atoms with van der Waals surface area (Å²) in [7, 11) is 0. The van der Waals surface area contributed by atoms with Crippen LogP contribution in [0.4, 0.5) is 36.3 Å². The summed E-state index contributed by atoms with van der Waals surface area (Å²) < 4.78 is 31.6. The number of nitrogens with zero attached hydrogens (tertiary/aromatic N) is 1. The Hall–Kier alpha value is -4.54. The van der Waals surface area contributed by atoms with Gasteiger partial charge in [0.15, 0.2) is 5.82 Å². The Morgan fingerprint density at radius 1 is 1.18 bits per heavy atom. The Kier molecular flexibility index (Phi) is 10.3. The summed E-state index contributed by atoms with van der Waals surface area (Å²) in [6.07, 6.45) is -4.99. The molecule has 2 aromatic rings. The normalized spacial score (nSPS) is 14.9. The fourth-order valence-electron chi connectivity index (χ4n) is 3.10. The Balaban J connectivity index is 0.000000757. The number of carboxylic acid groups (broad SMARTS) is 2. The molecule has 208 valence electrons. The van der Waals surface area contributed by atoms with Crippen molar-refractivity contribution >= 4 is 41.0 Å². The highest BCUT2D eigenvalue weighted by Crippen LogP contribution is 2.20. The second kappa shape index (κ2) is 13.1. The van der Waals surface area contributed by atoms with E-state index in [1.165, 1.54) is 12.1 Å². The lowest BCUT2D eigenvalue weighted by atomic mass is 10.1. The number of nitrogen functional groups attached to an aromatic ring is 1. The molecule has 0 aliphatic carbocycles. The van der Waals surface area contributed by atoms with E-state index >= 15 is 0 Å². The molecule has 17 heteroatoms. The molecule has 0 fully saturated rings. The van der Waals surface area contributed by atoms with E-state index in [2.05, 4.69) is 31.2 Å². The first kappa shape index (κ1) is 29.7. The smallest absolute Gasteiger partial charge is 0.411 e. The average Bonchev–Trinajstić information content (AvgIpc) is 2.85. The molecule has 2 heterocycles. The lowest BCUT2D eigenvalue weighted by Crippen LogP contribution is -2.41. The summed E-state index contributed by atoms with van der Waals surface area (Å²) in [5.41, 5.74) is 6.40. The zero-order chi connectivity index (χ0) is 28.5. The largest absolute Gasteiger partial charge is 0.481 e. The molecule has 1 aliphatic heterocycles. The first-order chi connectivity index (χ1) is 17.8. The standard InChI is InChI=1S/C19H23N7O6.C2H3F3O/c20-19-25-15-14(17(30)26-19)23-11(8-22-15)7-21-10-3-1-9(2-4-10)16(29)24-12(18(31)32)5-6-13(27)28;3-2(4,5)1-6/h1-4,11-12,21,23H,5-8H2,(H,24,29)(H,27,28)(H,31,32)(H4,20,22,25,26,30);6H,1H2/t11-,12+;/m1./s1. The second-order valence-corrected chi connectivity index (χ2v) is 7.93. The quantitative estimate of drug-likeness (QED) is 0.206. The zero-order valence-electron chi connectivity index (χ0n) is 19.6. The summed E-state index contributed by atoms with van der Waals surface area (Å²) in [5.74, 6) is -2.64. The lowest BCUT2D eigenvalue weighted by molar-refractivity contribution is -0.159. The lowest BCUT2D eigenvalue weighted by Gasteiger charge is -2.27. The van der Waals surface area contributed by atoms with Crippen molar-refractivity contribution in [2.75, 3.05) is 41.4 Å². The third kappa shape index (κ3) is 9.49. The van der Waals surface area contributed by atoms with Gasteiger partial charge in [-0.25, -0.2) is 4.79 Å². The highest BCUT2D eigenvalue weighted by Gasteiger charge is 2.25. The number of fused-ring (bicyclic) bond motifs is 1. The van der Waals surface area contributed by atoms with Crippen LogP contribution in [0, 0.1) is 0 Å². The van der Waals surface area contributed by atoms with Gasteiger partial charge in [0.2, 0.25) is 5.95 Å². The van der Waals surface area contributed by atoms with E-state index in [1.807, 2.05) is 0 Å². The van der Waals surface area contributed by atoms with E-state index < -0.39 is 36.7 Å². The van der Waals surface area contributed by atoms with Crippen molar-refractivity contribution in [3.8, 4) is 0 Å². The Bertz CT molecular complexity index is 1190. The van der Waals surface area contributed by atoms with Gasteiger partial charge in [0.05, 0.1) is 6.04 Å². The molecule has 3 rings (SSSR count). The van der Waals surface area contributed by atoms with E-state index in [1.54, 1.807) is 12.1 Å². The van der Waals surface area contributed by atoms with Crippen LogP contribution in [0.25, 0.3) is 0 Å². The minimum Gasteiger partial charge on any atom is -0.481 e. The number of benzene rings is 1. The van der Waals surface area contributed by atoms with Crippen molar-refractivity contribution in [3.63, 3.8) is 0 Å². The molecular weight excluding hydrogens is 519 g/mol. The van der Waals surface area contributed by atoms with Crippen molar-refractivity contribution < 1.29 is 42.9 Å². The molecular formula is C21H26F3N7O7. The number of aromatic nitrogens is 2. The number of aliphatic hydroxyl groups excluding tert-OH is 1. The molecule has 1 aromatic carbocycles. The molecule has 0 bridgehead atoms. The van der Waals surface area contributed by atoms with Crippen molar-refractivity contribution in [1.82, 2.24) is 15.3 Å². The third-order valence-corrected chi connectivity index (χ3v) is 4.93. The number of halogens is 3. The second-order valence-electron chi connectivity index (χ2n) is 7.93. The van der Waals surface area contributed by atoms with Crippen molar-refractivity contribution in [3.05, 3.63) is 40.2 Å². The number of carbonyl (C=O) groups excluding carboxylic acids is 1. The van der Waals surface area contributed by atoms with Gasteiger partial charge >= 0.3 is 18.1 Å². The topological polar surface area (TPSA) is 232 Å². The van der Waals surface area contributed by atoms with Gasteiger partial charge in [0.1, 0.15) is 18.3 Å². The molecule has 10 N–H and O–H groups in total. The number of H-pyrrole nitrogens is 1. The molecule has 14 nitrogen and oxygen atoms in total. The molecule has 1 amide bonds. The van der Waals surface area contributed by atoms with Crippen LogP contribution in [0.1, 0.15) is 23.2 Å². The van der Waals surface area contributed by atoms with E-state index in [-0.39, 0.29) is 36.0 Å². The van der Waals surface area contributed by atoms with Gasteiger partial charge in [0, 0.05) is 30.8 Å². The van der Waals surface area contributed by atoms with Gasteiger partial charge < -0.3 is 42.3 Å². The fraction of sp³-hybridized carbons (Fsp3) is 0.381. The van der Waals surface area contributed by atoms with Gasteiger partial charge in [-0.1, -0.05) is 0 Å². The third-order valence-electron chi connectivity index (χ3n) is 4.93. The number of nitrogens with one attached hydrogen (secondary N) is 5. The number of hydrogen-bond donors (Lipinski definition) is 9. The average molecular weight is 545 g/mol. The molecule has 1 aromatic heterocycles. The Morgan fingerprint density at radius 3 is 2.37 bits per heavy atom. The molecule has 0 spiro atoms. The summed E-state index contributed by atoms with van der Waals surface area (Å²) in [4.78, 5) is 52.6. The fourth-order valence-corrected chi connectivity index (χ4v) is 3.10. The molecule has 0 unspecified atom stereocenters. The maximum Gasteiger partial charge on any atom is 0.411 e. The van der Waals surface area contributed by atoms with Crippen LogP contribution < -0.4 is 32.6 Å². The number of anilines is 4. The molecule has 0 radical (unpaired) electrons. The van der Waals surface area contributed by atoms with Crippen molar-refractivity contribution in [2.24, 2.45) is 0 Å². The van der Waals surface area contributed by atoms with Gasteiger partial charge in [0.25, 0.3) is 11.5 Å². The van der Waals surface area contributed by atoms with Crippen molar-refractivity contribution in [2.45, 2.75) is 31.1 Å². The maximum atomic E-state index is 12.3. The molecule has 1 aliphatic rings. The summed E-state index contributed by atoms with van der Waals surface area (Å²) in [6.45, 7) is -0.769. The highest BCUT2D eigenvalue weighted by molar-refractivity contribution is 5.96. The maximum absolute atomic E-state index is 12.3. The summed E-state index contributed by atoms with van der Waals surface area (Å²) >= 11 is 0. The van der Waals surface area contributed by atoms with Crippen molar-refractivity contribution in [1.29, 1.82) is 0 Å². The molecule has 38 heavy (non-hydrogen) atoms. The Labute approximate surface area is 212 Å². The monoisotopic (exact) mass is 545 g/mol. The number of aliphatic hydroxyl groups is 1. The minimum atomic E-state index is -4.40. The first-order valence-electron chi connectivity index (χ1n) is 11.0. The zero-order valence-corrected chi connectivity index (χ0v) is 19.6. The number of carbonyl (C=O) groups is 3. The number of rotatable bonds is 9. The Morgan fingerprint density at radius 2 is 1.82 bits per heavy atom. The first-order valence-corrected chi connectivity index (χ1v) is 11.0. The van der Waals surface area contributed by atoms with E-state index in [9.17, 15) is 32.3 Å². The van der Waals surface area contributed by atoms with Gasteiger partial charge in [-0.3, -0.25) is 19.4 Å². The van der Waals surface area contributed by atoms with Crippen LogP contribution >= 0.6 is 0 Å². The molecule has 0 saturated carbocycles.